The average Bonchev–Trinajstić information content (AvgIpc) is 2.47. The van der Waals surface area contributed by atoms with Crippen LogP contribution in [0.4, 0.5) is 0 Å². The number of carbonyl (C=O) groups excluding carboxylic acids is 1. The van der Waals surface area contributed by atoms with Gasteiger partial charge >= 0.3 is 0 Å². The zero-order chi connectivity index (χ0) is 14.5. The maximum Gasteiger partial charge on any atom is 0.227 e. The minimum Gasteiger partial charge on any atom is -0.334 e. The molecule has 0 radical (unpaired) electrons. The first-order chi connectivity index (χ1) is 9.63. The third-order valence-corrected chi connectivity index (χ3v) is 4.83. The summed E-state index contributed by atoms with van der Waals surface area (Å²) in [5.74, 6) is 2.35. The molecule has 1 saturated heterocycles. The van der Waals surface area contributed by atoms with Crippen LogP contribution >= 0.6 is 24.2 Å². The lowest BCUT2D eigenvalue weighted by atomic mass is 10.0. The summed E-state index contributed by atoms with van der Waals surface area (Å²) in [4.78, 5) is 14.7. The number of carbonyl (C=O) groups is 1. The monoisotopic (exact) mass is 328 g/mol. The number of amides is 1. The Hall–Kier alpha value is -0.710. The van der Waals surface area contributed by atoms with E-state index in [0.717, 1.165) is 24.6 Å². The van der Waals surface area contributed by atoms with Crippen LogP contribution < -0.4 is 5.32 Å². The summed E-state index contributed by atoms with van der Waals surface area (Å²) in [6.07, 6.45) is 0. The zero-order valence-corrected chi connectivity index (χ0v) is 14.6. The highest BCUT2D eigenvalue weighted by atomic mass is 35.5. The van der Waals surface area contributed by atoms with Crippen molar-refractivity contribution in [2.24, 2.45) is 5.92 Å². The molecule has 1 amide bonds. The fraction of sp³-hybridized carbons (Fsp3) is 0.562. The Morgan fingerprint density at radius 3 is 2.71 bits per heavy atom. The van der Waals surface area contributed by atoms with Gasteiger partial charge in [-0.15, -0.1) is 12.4 Å². The molecule has 2 unspecified atom stereocenters. The van der Waals surface area contributed by atoms with E-state index in [1.807, 2.05) is 25.7 Å². The predicted octanol–water partition coefficient (Wildman–Crippen LogP) is 2.89. The Morgan fingerprint density at radius 2 is 2.10 bits per heavy atom. The molecule has 2 rings (SSSR count). The molecule has 1 fully saturated rings. The van der Waals surface area contributed by atoms with E-state index in [4.69, 9.17) is 0 Å². The van der Waals surface area contributed by atoms with E-state index < -0.39 is 0 Å². The molecule has 0 saturated carbocycles. The number of halogens is 1. The summed E-state index contributed by atoms with van der Waals surface area (Å²) in [6, 6.07) is 8.81. The van der Waals surface area contributed by atoms with Gasteiger partial charge in [0.25, 0.3) is 0 Å². The summed E-state index contributed by atoms with van der Waals surface area (Å²) in [5, 5.41) is 3.10. The first kappa shape index (κ1) is 18.3. The van der Waals surface area contributed by atoms with Gasteiger partial charge in [-0.2, -0.15) is 11.8 Å². The van der Waals surface area contributed by atoms with Crippen LogP contribution in [0.5, 0.6) is 0 Å². The third-order valence-electron chi connectivity index (χ3n) is 3.81. The van der Waals surface area contributed by atoms with Crippen LogP contribution in [0.2, 0.25) is 0 Å². The average molecular weight is 329 g/mol. The Balaban J connectivity index is 0.00000220. The fourth-order valence-corrected chi connectivity index (χ4v) is 3.70. The van der Waals surface area contributed by atoms with Gasteiger partial charge in [0, 0.05) is 30.5 Å². The van der Waals surface area contributed by atoms with Gasteiger partial charge in [0.15, 0.2) is 0 Å². The van der Waals surface area contributed by atoms with Crippen LogP contribution in [-0.2, 0) is 4.79 Å². The van der Waals surface area contributed by atoms with E-state index >= 15 is 0 Å². The van der Waals surface area contributed by atoms with E-state index in [0.29, 0.717) is 0 Å². The highest BCUT2D eigenvalue weighted by Crippen LogP contribution is 2.30. The molecule has 1 aromatic carbocycles. The summed E-state index contributed by atoms with van der Waals surface area (Å²) in [7, 11) is 1.90. The van der Waals surface area contributed by atoms with Gasteiger partial charge in [-0.1, -0.05) is 36.8 Å². The van der Waals surface area contributed by atoms with Crippen molar-refractivity contribution in [2.75, 3.05) is 31.6 Å². The van der Waals surface area contributed by atoms with Crippen LogP contribution in [-0.4, -0.2) is 42.4 Å². The molecule has 1 aliphatic heterocycles. The summed E-state index contributed by atoms with van der Waals surface area (Å²) in [5.41, 5.74) is 2.52. The molecule has 0 bridgehead atoms. The predicted molar refractivity (Wildman–Crippen MR) is 93.3 cm³/mol. The molecule has 0 spiro atoms. The fourth-order valence-electron chi connectivity index (χ4n) is 2.61. The molecule has 1 aliphatic rings. The normalized spacial score (nSPS) is 19.8. The lowest BCUT2D eigenvalue weighted by Gasteiger charge is -2.37. The van der Waals surface area contributed by atoms with Crippen molar-refractivity contribution in [1.82, 2.24) is 10.2 Å². The number of benzene rings is 1. The SMILES string of the molecule is CNCC(C)C(=O)N1CCSCC1c1ccc(C)cc1.Cl. The van der Waals surface area contributed by atoms with Crippen molar-refractivity contribution in [3.05, 3.63) is 35.4 Å². The summed E-state index contributed by atoms with van der Waals surface area (Å²) < 4.78 is 0. The van der Waals surface area contributed by atoms with Crippen molar-refractivity contribution in [3.8, 4) is 0 Å². The smallest absolute Gasteiger partial charge is 0.227 e. The zero-order valence-electron chi connectivity index (χ0n) is 13.0. The largest absolute Gasteiger partial charge is 0.334 e. The van der Waals surface area contributed by atoms with Crippen LogP contribution in [0.1, 0.15) is 24.1 Å². The number of hydrogen-bond acceptors (Lipinski definition) is 3. The Labute approximate surface area is 138 Å². The molecular weight excluding hydrogens is 304 g/mol. The second kappa shape index (κ2) is 8.66. The quantitative estimate of drug-likeness (QED) is 0.922. The maximum atomic E-state index is 12.6. The van der Waals surface area contributed by atoms with Gasteiger partial charge in [0.2, 0.25) is 5.91 Å². The molecule has 118 valence electrons. The number of nitrogens with one attached hydrogen (secondary N) is 1. The van der Waals surface area contributed by atoms with Gasteiger partial charge in [-0.3, -0.25) is 4.79 Å². The van der Waals surface area contributed by atoms with Gasteiger partial charge in [0.1, 0.15) is 0 Å². The standard InChI is InChI=1S/C16H24N2OS.ClH/c1-12-4-6-14(7-5-12)15-11-20-9-8-18(15)16(19)13(2)10-17-3;/h4-7,13,15,17H,8-11H2,1-3H3;1H. The van der Waals surface area contributed by atoms with Crippen LogP contribution in [0, 0.1) is 12.8 Å². The van der Waals surface area contributed by atoms with Crippen molar-refractivity contribution in [1.29, 1.82) is 0 Å². The molecule has 2 atom stereocenters. The molecule has 5 heteroatoms. The minimum atomic E-state index is 0. The van der Waals surface area contributed by atoms with E-state index in [-0.39, 0.29) is 30.3 Å². The molecule has 1 N–H and O–H groups in total. The lowest BCUT2D eigenvalue weighted by Crippen LogP contribution is -2.45. The molecular formula is C16H25ClN2OS. The molecule has 1 heterocycles. The molecule has 3 nitrogen and oxygen atoms in total. The number of hydrogen-bond donors (Lipinski definition) is 1. The molecule has 1 aromatic rings. The van der Waals surface area contributed by atoms with Crippen molar-refractivity contribution in [2.45, 2.75) is 19.9 Å². The Bertz CT molecular complexity index is 452. The Morgan fingerprint density at radius 1 is 1.43 bits per heavy atom. The van der Waals surface area contributed by atoms with Gasteiger partial charge in [-0.05, 0) is 19.5 Å². The second-order valence-electron chi connectivity index (χ2n) is 5.49. The van der Waals surface area contributed by atoms with Crippen molar-refractivity contribution < 1.29 is 4.79 Å². The topological polar surface area (TPSA) is 32.3 Å². The number of aryl methyl sites for hydroxylation is 1. The Kier molecular flexibility index (Phi) is 7.57. The first-order valence-electron chi connectivity index (χ1n) is 7.23. The van der Waals surface area contributed by atoms with Crippen LogP contribution in [0.25, 0.3) is 0 Å². The van der Waals surface area contributed by atoms with E-state index in [1.165, 1.54) is 11.1 Å². The third kappa shape index (κ3) is 4.63. The van der Waals surface area contributed by atoms with E-state index in [2.05, 4.69) is 41.4 Å². The maximum absolute atomic E-state index is 12.6. The first-order valence-corrected chi connectivity index (χ1v) is 8.38. The minimum absolute atomic E-state index is 0. The summed E-state index contributed by atoms with van der Waals surface area (Å²) >= 11 is 1.94. The lowest BCUT2D eigenvalue weighted by molar-refractivity contribution is -0.136. The number of thioether (sulfide) groups is 1. The van der Waals surface area contributed by atoms with E-state index in [1.54, 1.807) is 0 Å². The second-order valence-corrected chi connectivity index (χ2v) is 6.64. The highest BCUT2D eigenvalue weighted by Gasteiger charge is 2.30. The summed E-state index contributed by atoms with van der Waals surface area (Å²) in [6.45, 7) is 5.70. The highest BCUT2D eigenvalue weighted by molar-refractivity contribution is 7.99. The van der Waals surface area contributed by atoms with Gasteiger partial charge in [-0.25, -0.2) is 0 Å². The van der Waals surface area contributed by atoms with Gasteiger partial charge in [0.05, 0.1) is 6.04 Å². The van der Waals surface area contributed by atoms with E-state index in [9.17, 15) is 4.79 Å². The molecule has 21 heavy (non-hydrogen) atoms. The number of rotatable bonds is 4. The van der Waals surface area contributed by atoms with Crippen LogP contribution in [0.15, 0.2) is 24.3 Å². The van der Waals surface area contributed by atoms with Crippen molar-refractivity contribution >= 4 is 30.1 Å². The molecule has 0 aromatic heterocycles. The molecule has 0 aliphatic carbocycles. The van der Waals surface area contributed by atoms with Crippen LogP contribution in [0.3, 0.4) is 0 Å². The van der Waals surface area contributed by atoms with Gasteiger partial charge < -0.3 is 10.2 Å². The van der Waals surface area contributed by atoms with Crippen molar-refractivity contribution in [3.63, 3.8) is 0 Å². The number of nitrogens with zero attached hydrogens (tertiary/aromatic N) is 1.